The van der Waals surface area contributed by atoms with Crippen LogP contribution in [0.25, 0.3) is 0 Å². The molecule has 0 fully saturated rings. The molecule has 1 aliphatic rings. The number of hydrogen-bond donors (Lipinski definition) is 1. The molecule has 0 saturated heterocycles. The van der Waals surface area contributed by atoms with E-state index in [0.717, 1.165) is 23.9 Å². The first-order valence-corrected chi connectivity index (χ1v) is 8.62. The molecule has 0 spiro atoms. The van der Waals surface area contributed by atoms with E-state index in [0.29, 0.717) is 5.17 Å². The number of thioether (sulfide) groups is 1. The summed E-state index contributed by atoms with van der Waals surface area (Å²) < 4.78 is 17.2. The first-order chi connectivity index (χ1) is 11.7. The van der Waals surface area contributed by atoms with Crippen molar-refractivity contribution in [3.63, 3.8) is 0 Å². The van der Waals surface area contributed by atoms with Crippen molar-refractivity contribution in [1.29, 1.82) is 0 Å². The van der Waals surface area contributed by atoms with Crippen molar-refractivity contribution in [2.75, 3.05) is 0 Å². The highest BCUT2D eigenvalue weighted by atomic mass is 32.2. The third-order valence-corrected chi connectivity index (χ3v) is 5.01. The third-order valence-electron chi connectivity index (χ3n) is 4.01. The molecule has 2 aromatic heterocycles. The number of rotatable bonds is 4. The average Bonchev–Trinajstić information content (AvgIpc) is 2.92. The van der Waals surface area contributed by atoms with Gasteiger partial charge >= 0.3 is 6.14 Å². The largest absolute Gasteiger partial charge is 0.423 e. The second-order valence-corrected chi connectivity index (χ2v) is 8.62. The third kappa shape index (κ3) is 3.89. The topological polar surface area (TPSA) is 94.4 Å². The second-order valence-electron chi connectivity index (χ2n) is 6.90. The molecule has 6 nitrogen and oxygen atoms in total. The summed E-state index contributed by atoms with van der Waals surface area (Å²) in [5.41, 5.74) is 6.92. The molecule has 3 rings (SSSR count). The Bertz CT molecular complexity index is 849. The smallest absolute Gasteiger partial charge is 0.382 e. The second kappa shape index (κ2) is 6.25. The van der Waals surface area contributed by atoms with Gasteiger partial charge in [-0.3, -0.25) is 9.78 Å². The number of pyridine rings is 1. The number of aromatic nitrogens is 2. The summed E-state index contributed by atoms with van der Waals surface area (Å²) in [6.07, 6.45) is 2.50. The van der Waals surface area contributed by atoms with E-state index < -0.39 is 11.7 Å². The molecule has 3 heterocycles. The summed E-state index contributed by atoms with van der Waals surface area (Å²) in [6, 6.07) is 3.59. The Kier molecular flexibility index (Phi) is 4.40. The van der Waals surface area contributed by atoms with Crippen molar-refractivity contribution in [2.45, 2.75) is 43.9 Å². The van der Waals surface area contributed by atoms with Gasteiger partial charge in [-0.15, -0.1) is 4.39 Å². The zero-order valence-electron chi connectivity index (χ0n) is 14.2. The molecule has 0 aromatic carbocycles. The first kappa shape index (κ1) is 17.6. The molecule has 0 unspecified atom stereocenters. The highest BCUT2D eigenvalue weighted by molar-refractivity contribution is 8.15. The van der Waals surface area contributed by atoms with Gasteiger partial charge in [0.15, 0.2) is 11.0 Å². The number of Topliss-reactive ketones (excluding diaryl/α,β-unsaturated/α-hetero) is 1. The van der Waals surface area contributed by atoms with Gasteiger partial charge in [-0.25, -0.2) is 4.99 Å². The molecule has 0 saturated carbocycles. The summed E-state index contributed by atoms with van der Waals surface area (Å²) in [4.78, 5) is 24.6. The van der Waals surface area contributed by atoms with Gasteiger partial charge in [-0.1, -0.05) is 25.6 Å². The summed E-state index contributed by atoms with van der Waals surface area (Å²) in [5.74, 6) is -0.322. The van der Waals surface area contributed by atoms with Crippen LogP contribution in [-0.2, 0) is 12.0 Å². The first-order valence-electron chi connectivity index (χ1n) is 7.81. The van der Waals surface area contributed by atoms with E-state index in [1.165, 1.54) is 0 Å². The molecule has 0 aliphatic carbocycles. The van der Waals surface area contributed by atoms with Crippen LogP contribution in [-0.4, -0.2) is 25.7 Å². The number of nitrogens with zero attached hydrogens (tertiary/aromatic N) is 3. The Hall–Kier alpha value is -2.22. The lowest BCUT2D eigenvalue weighted by molar-refractivity contribution is 0.0988. The minimum Gasteiger partial charge on any atom is -0.423 e. The van der Waals surface area contributed by atoms with E-state index in [9.17, 15) is 9.18 Å². The maximum absolute atomic E-state index is 12.8. The van der Waals surface area contributed by atoms with Gasteiger partial charge in [0.05, 0.1) is 5.69 Å². The van der Waals surface area contributed by atoms with Gasteiger partial charge in [0.1, 0.15) is 17.5 Å². The molecule has 1 atom stereocenters. The van der Waals surface area contributed by atoms with Crippen LogP contribution >= 0.6 is 11.8 Å². The number of aliphatic imine (C=N–C) groups is 1. The number of carbonyl (C=O) groups excluding carboxylic acids is 1. The zero-order chi connectivity index (χ0) is 18.2. The number of amidine groups is 1. The van der Waals surface area contributed by atoms with Gasteiger partial charge in [0.2, 0.25) is 0 Å². The van der Waals surface area contributed by atoms with Gasteiger partial charge < -0.3 is 10.2 Å². The molecule has 2 N–H and O–H groups in total. The van der Waals surface area contributed by atoms with Crippen LogP contribution < -0.4 is 5.73 Å². The fourth-order valence-corrected chi connectivity index (χ4v) is 4.30. The molecular formula is C17H19FN4O2S. The lowest BCUT2D eigenvalue weighted by atomic mass is 9.86. The van der Waals surface area contributed by atoms with Crippen molar-refractivity contribution in [3.8, 4) is 0 Å². The van der Waals surface area contributed by atoms with Crippen LogP contribution in [0, 0.1) is 6.14 Å². The standard InChI is InChI=1S/C17H19FN4O2S/c1-16(2)9-17(3,22-15(19)25-16)13-7-10(4-5-20-13)6-12(23)11-8-24-14(18)21-11/h4-5,7-8H,6,9H2,1-3H3,(H2,19,22)/t17-/m0/s1. The van der Waals surface area contributed by atoms with Crippen LogP contribution in [0.5, 0.6) is 0 Å². The lowest BCUT2D eigenvalue weighted by Crippen LogP contribution is -2.38. The summed E-state index contributed by atoms with van der Waals surface area (Å²) in [6.45, 7) is 6.22. The maximum atomic E-state index is 12.8. The van der Waals surface area contributed by atoms with Crippen molar-refractivity contribution in [2.24, 2.45) is 10.7 Å². The number of halogens is 1. The molecule has 25 heavy (non-hydrogen) atoms. The average molecular weight is 362 g/mol. The van der Waals surface area contributed by atoms with E-state index in [2.05, 4.69) is 33.2 Å². The fourth-order valence-electron chi connectivity index (χ4n) is 3.14. The minimum absolute atomic E-state index is 0.0282. The van der Waals surface area contributed by atoms with E-state index in [-0.39, 0.29) is 22.6 Å². The van der Waals surface area contributed by atoms with Crippen LogP contribution in [0.1, 0.15) is 48.9 Å². The van der Waals surface area contributed by atoms with Gasteiger partial charge in [-0.05, 0) is 31.0 Å². The van der Waals surface area contributed by atoms with Crippen molar-refractivity contribution in [3.05, 3.63) is 47.7 Å². The number of nitrogens with two attached hydrogens (primary N) is 1. The van der Waals surface area contributed by atoms with Crippen LogP contribution in [0.4, 0.5) is 4.39 Å². The Morgan fingerprint density at radius 2 is 2.20 bits per heavy atom. The Balaban J connectivity index is 1.86. The number of ketones is 1. The SMILES string of the molecule is CC1(C)C[C@@](C)(c2cc(CC(=O)c3coc(F)n3)ccn2)N=C(N)S1. The highest BCUT2D eigenvalue weighted by Crippen LogP contribution is 2.44. The van der Waals surface area contributed by atoms with Crippen LogP contribution in [0.3, 0.4) is 0 Å². The lowest BCUT2D eigenvalue weighted by Gasteiger charge is -2.38. The maximum Gasteiger partial charge on any atom is 0.382 e. The zero-order valence-corrected chi connectivity index (χ0v) is 15.1. The van der Waals surface area contributed by atoms with Crippen molar-refractivity contribution < 1.29 is 13.6 Å². The molecule has 8 heteroatoms. The minimum atomic E-state index is -1.02. The number of carbonyl (C=O) groups is 1. The molecule has 132 valence electrons. The molecule has 0 bridgehead atoms. The number of oxazole rings is 1. The molecule has 2 aromatic rings. The monoisotopic (exact) mass is 362 g/mol. The van der Waals surface area contributed by atoms with E-state index in [1.807, 2.05) is 13.0 Å². The predicted molar refractivity (Wildman–Crippen MR) is 94.0 cm³/mol. The quantitative estimate of drug-likeness (QED) is 0.840. The summed E-state index contributed by atoms with van der Waals surface area (Å²) in [7, 11) is 0. The molecule has 0 amide bonds. The van der Waals surface area contributed by atoms with E-state index in [4.69, 9.17) is 5.73 Å². The normalized spacial score (nSPS) is 22.5. The van der Waals surface area contributed by atoms with Gasteiger partial charge in [0, 0.05) is 17.4 Å². The Morgan fingerprint density at radius 1 is 1.44 bits per heavy atom. The van der Waals surface area contributed by atoms with Gasteiger partial charge in [-0.2, -0.15) is 4.98 Å². The van der Waals surface area contributed by atoms with Crippen LogP contribution in [0.15, 0.2) is 34.0 Å². The Morgan fingerprint density at radius 3 is 2.84 bits per heavy atom. The summed E-state index contributed by atoms with van der Waals surface area (Å²) >= 11 is 1.55. The van der Waals surface area contributed by atoms with E-state index in [1.54, 1.807) is 24.0 Å². The molecule has 0 radical (unpaired) electrons. The molecular weight excluding hydrogens is 343 g/mol. The fraction of sp³-hybridized carbons (Fsp3) is 0.412. The molecule has 1 aliphatic heterocycles. The highest BCUT2D eigenvalue weighted by Gasteiger charge is 2.40. The van der Waals surface area contributed by atoms with Crippen molar-refractivity contribution in [1.82, 2.24) is 9.97 Å². The number of hydrogen-bond acceptors (Lipinski definition) is 7. The van der Waals surface area contributed by atoms with Gasteiger partial charge in [0.25, 0.3) is 0 Å². The van der Waals surface area contributed by atoms with Crippen LogP contribution in [0.2, 0.25) is 0 Å². The summed E-state index contributed by atoms with van der Waals surface area (Å²) in [5, 5.41) is 0.528. The van der Waals surface area contributed by atoms with Crippen molar-refractivity contribution >= 4 is 22.7 Å². The Labute approximate surface area is 149 Å². The van der Waals surface area contributed by atoms with E-state index >= 15 is 0 Å². The predicted octanol–water partition coefficient (Wildman–Crippen LogP) is 3.08.